The monoisotopic (exact) mass is 363 g/mol. The maximum atomic E-state index is 12.1. The van der Waals surface area contributed by atoms with Crippen LogP contribution in [0.4, 0.5) is 5.13 Å². The first kappa shape index (κ1) is 17.4. The van der Waals surface area contributed by atoms with E-state index in [4.69, 9.17) is 11.6 Å². The lowest BCUT2D eigenvalue weighted by molar-refractivity contribution is -0.116. The molecule has 0 atom stereocenters. The number of carbonyl (C=O) groups is 1. The van der Waals surface area contributed by atoms with Gasteiger partial charge in [-0.15, -0.1) is 11.3 Å². The summed E-state index contributed by atoms with van der Waals surface area (Å²) < 4.78 is 0. The molecule has 4 nitrogen and oxygen atoms in total. The summed E-state index contributed by atoms with van der Waals surface area (Å²) in [4.78, 5) is 17.5. The van der Waals surface area contributed by atoms with Gasteiger partial charge in [-0.3, -0.25) is 4.79 Å². The number of benzene rings is 1. The van der Waals surface area contributed by atoms with E-state index in [1.54, 1.807) is 0 Å². The predicted molar refractivity (Wildman–Crippen MR) is 99.8 cm³/mol. The first-order valence-corrected chi connectivity index (χ1v) is 9.58. The number of carbonyl (C=O) groups excluding carboxylic acids is 1. The number of rotatable bonds is 6. The zero-order valence-electron chi connectivity index (χ0n) is 13.6. The van der Waals surface area contributed by atoms with E-state index in [-0.39, 0.29) is 5.91 Å². The van der Waals surface area contributed by atoms with Crippen molar-refractivity contribution in [1.82, 2.24) is 10.3 Å². The van der Waals surface area contributed by atoms with E-state index < -0.39 is 0 Å². The molecule has 0 radical (unpaired) electrons. The van der Waals surface area contributed by atoms with Crippen molar-refractivity contribution in [2.24, 2.45) is 5.92 Å². The molecule has 2 N–H and O–H groups in total. The lowest BCUT2D eigenvalue weighted by atomic mass is 9.93. The molecule has 1 aromatic heterocycles. The van der Waals surface area contributed by atoms with E-state index >= 15 is 0 Å². The third kappa shape index (κ3) is 5.30. The average Bonchev–Trinajstić information content (AvgIpc) is 3.01. The molecule has 6 heteroatoms. The van der Waals surface area contributed by atoms with E-state index in [1.807, 2.05) is 30.5 Å². The maximum absolute atomic E-state index is 12.1. The zero-order chi connectivity index (χ0) is 16.8. The first-order chi connectivity index (χ1) is 11.7. The summed E-state index contributed by atoms with van der Waals surface area (Å²) in [5, 5.41) is 7.70. The minimum absolute atomic E-state index is 0.0668. The summed E-state index contributed by atoms with van der Waals surface area (Å²) >= 11 is 7.54. The first-order valence-electron chi connectivity index (χ1n) is 8.39. The molecular formula is C18H22ClN3OS. The fraction of sp³-hybridized carbons (Fsp3) is 0.444. The summed E-state index contributed by atoms with van der Waals surface area (Å²) in [6.07, 6.45) is 6.50. The predicted octanol–water partition coefficient (Wildman–Crippen LogP) is 4.11. The third-order valence-electron chi connectivity index (χ3n) is 4.31. The van der Waals surface area contributed by atoms with Crippen molar-refractivity contribution in [1.29, 1.82) is 0 Å². The minimum atomic E-state index is 0.0668. The van der Waals surface area contributed by atoms with Crippen LogP contribution in [0.15, 0.2) is 30.5 Å². The Balaban J connectivity index is 1.47. The molecule has 0 spiro atoms. The Morgan fingerprint density at radius 2 is 2.21 bits per heavy atom. The van der Waals surface area contributed by atoms with Gasteiger partial charge in [-0.1, -0.05) is 23.7 Å². The highest BCUT2D eigenvalue weighted by Crippen LogP contribution is 2.23. The molecule has 2 heterocycles. The van der Waals surface area contributed by atoms with Crippen molar-refractivity contribution in [3.05, 3.63) is 45.9 Å². The molecule has 1 aliphatic rings. The highest BCUT2D eigenvalue weighted by molar-refractivity contribution is 7.15. The summed E-state index contributed by atoms with van der Waals surface area (Å²) in [6, 6.07) is 7.81. The number of nitrogens with one attached hydrogen (secondary N) is 2. The lowest BCUT2D eigenvalue weighted by Crippen LogP contribution is -2.28. The molecule has 3 rings (SSSR count). The van der Waals surface area contributed by atoms with Gasteiger partial charge < -0.3 is 10.6 Å². The molecule has 24 heavy (non-hydrogen) atoms. The van der Waals surface area contributed by atoms with Gasteiger partial charge in [-0.2, -0.15) is 0 Å². The van der Waals surface area contributed by atoms with Crippen molar-refractivity contribution in [3.63, 3.8) is 0 Å². The molecule has 1 saturated heterocycles. The molecule has 2 aromatic rings. The topological polar surface area (TPSA) is 54.0 Å². The van der Waals surface area contributed by atoms with Gasteiger partial charge in [-0.05, 0) is 56.0 Å². The second-order valence-electron chi connectivity index (χ2n) is 6.22. The maximum Gasteiger partial charge on any atom is 0.226 e. The lowest BCUT2D eigenvalue weighted by Gasteiger charge is -2.21. The van der Waals surface area contributed by atoms with Gasteiger partial charge in [0.25, 0.3) is 0 Å². The van der Waals surface area contributed by atoms with Crippen molar-refractivity contribution in [2.45, 2.75) is 32.1 Å². The minimum Gasteiger partial charge on any atom is -0.317 e. The van der Waals surface area contributed by atoms with Crippen LogP contribution >= 0.6 is 22.9 Å². The van der Waals surface area contributed by atoms with E-state index in [0.717, 1.165) is 41.4 Å². The molecule has 0 aliphatic carbocycles. The number of anilines is 1. The van der Waals surface area contributed by atoms with Crippen molar-refractivity contribution in [2.75, 3.05) is 18.4 Å². The van der Waals surface area contributed by atoms with E-state index in [1.165, 1.54) is 24.2 Å². The second-order valence-corrected chi connectivity index (χ2v) is 7.77. The van der Waals surface area contributed by atoms with E-state index in [0.29, 0.717) is 17.5 Å². The van der Waals surface area contributed by atoms with Crippen molar-refractivity contribution < 1.29 is 4.79 Å². The van der Waals surface area contributed by atoms with Crippen LogP contribution in [0.25, 0.3) is 0 Å². The Hall–Kier alpha value is -1.43. The van der Waals surface area contributed by atoms with Crippen LogP contribution in [-0.4, -0.2) is 24.0 Å². The normalized spacial score (nSPS) is 15.4. The Labute approximate surface area is 151 Å². The number of nitrogens with zero attached hydrogens (tertiary/aromatic N) is 1. The summed E-state index contributed by atoms with van der Waals surface area (Å²) in [5.41, 5.74) is 1.15. The van der Waals surface area contributed by atoms with Crippen LogP contribution in [0.5, 0.6) is 0 Å². The molecule has 1 amide bonds. The van der Waals surface area contributed by atoms with Gasteiger partial charge in [0.15, 0.2) is 5.13 Å². The zero-order valence-corrected chi connectivity index (χ0v) is 15.1. The fourth-order valence-corrected chi connectivity index (χ4v) is 4.06. The molecule has 0 bridgehead atoms. The highest BCUT2D eigenvalue weighted by Gasteiger charge is 2.15. The number of thiazole rings is 1. The smallest absolute Gasteiger partial charge is 0.226 e. The number of hydrogen-bond donors (Lipinski definition) is 2. The molecule has 128 valence electrons. The molecule has 1 fully saturated rings. The van der Waals surface area contributed by atoms with E-state index in [2.05, 4.69) is 15.6 Å². The second kappa shape index (κ2) is 8.60. The molecule has 1 aromatic carbocycles. The fourth-order valence-electron chi connectivity index (χ4n) is 2.98. The Morgan fingerprint density at radius 1 is 1.38 bits per heavy atom. The largest absolute Gasteiger partial charge is 0.317 e. The average molecular weight is 364 g/mol. The summed E-state index contributed by atoms with van der Waals surface area (Å²) in [5.74, 6) is 0.740. The molecule has 1 aliphatic heterocycles. The van der Waals surface area contributed by atoms with Crippen LogP contribution in [0.2, 0.25) is 5.02 Å². The Bertz CT molecular complexity index is 682. The SMILES string of the molecule is O=C(CCC1CCNCC1)Nc1ncc(Cc2cccc(Cl)c2)s1. The van der Waals surface area contributed by atoms with Crippen molar-refractivity contribution >= 4 is 34.0 Å². The highest BCUT2D eigenvalue weighted by atomic mass is 35.5. The molecule has 0 unspecified atom stereocenters. The Morgan fingerprint density at radius 3 is 3.00 bits per heavy atom. The number of hydrogen-bond acceptors (Lipinski definition) is 4. The van der Waals surface area contributed by atoms with Gasteiger partial charge in [0.2, 0.25) is 5.91 Å². The van der Waals surface area contributed by atoms with Crippen LogP contribution < -0.4 is 10.6 Å². The van der Waals surface area contributed by atoms with Gasteiger partial charge in [0, 0.05) is 28.9 Å². The van der Waals surface area contributed by atoms with Gasteiger partial charge in [-0.25, -0.2) is 4.98 Å². The number of amides is 1. The van der Waals surface area contributed by atoms with Crippen LogP contribution in [-0.2, 0) is 11.2 Å². The molecular weight excluding hydrogens is 342 g/mol. The third-order valence-corrected chi connectivity index (χ3v) is 5.45. The molecule has 0 saturated carbocycles. The quantitative estimate of drug-likeness (QED) is 0.812. The summed E-state index contributed by atoms with van der Waals surface area (Å²) in [7, 11) is 0. The van der Waals surface area contributed by atoms with Crippen LogP contribution in [0, 0.1) is 5.92 Å². The van der Waals surface area contributed by atoms with Gasteiger partial charge >= 0.3 is 0 Å². The summed E-state index contributed by atoms with van der Waals surface area (Å²) in [6.45, 7) is 2.15. The number of halogens is 1. The Kier molecular flexibility index (Phi) is 6.24. The number of piperidine rings is 1. The standard InChI is InChI=1S/C18H22ClN3OS/c19-15-3-1-2-14(10-15)11-16-12-21-18(24-16)22-17(23)5-4-13-6-8-20-9-7-13/h1-3,10,12-13,20H,4-9,11H2,(H,21,22,23). The van der Waals surface area contributed by atoms with Crippen molar-refractivity contribution in [3.8, 4) is 0 Å². The van der Waals surface area contributed by atoms with Crippen LogP contribution in [0.3, 0.4) is 0 Å². The van der Waals surface area contributed by atoms with Gasteiger partial charge in [0.05, 0.1) is 0 Å². The van der Waals surface area contributed by atoms with Crippen LogP contribution in [0.1, 0.15) is 36.1 Å². The van der Waals surface area contributed by atoms with Gasteiger partial charge in [0.1, 0.15) is 0 Å². The number of aromatic nitrogens is 1. The van der Waals surface area contributed by atoms with E-state index in [9.17, 15) is 4.79 Å².